The molecule has 1 aliphatic heterocycles. The second-order valence-corrected chi connectivity index (χ2v) is 6.00. The Hall–Kier alpha value is -1.73. The average Bonchev–Trinajstić information content (AvgIpc) is 3.31. The fourth-order valence-electron chi connectivity index (χ4n) is 2.91. The second-order valence-electron chi connectivity index (χ2n) is 6.00. The van der Waals surface area contributed by atoms with Crippen LogP contribution in [0.25, 0.3) is 0 Å². The number of hydrogen-bond acceptors (Lipinski definition) is 6. The number of ether oxygens (including phenoxy) is 1. The Labute approximate surface area is 136 Å². The zero-order valence-electron chi connectivity index (χ0n) is 14.0. The van der Waals surface area contributed by atoms with Crippen molar-refractivity contribution in [1.82, 2.24) is 25.2 Å². The summed E-state index contributed by atoms with van der Waals surface area (Å²) in [6.45, 7) is 8.68. The highest BCUT2D eigenvalue weighted by Gasteiger charge is 2.31. The van der Waals surface area contributed by atoms with Gasteiger partial charge in [0.2, 0.25) is 5.89 Å². The minimum atomic E-state index is 0.0439. The van der Waals surface area contributed by atoms with E-state index >= 15 is 0 Å². The van der Waals surface area contributed by atoms with Crippen molar-refractivity contribution in [2.24, 2.45) is 5.92 Å². The highest BCUT2D eigenvalue weighted by atomic mass is 16.5. The molecule has 2 aromatic heterocycles. The summed E-state index contributed by atoms with van der Waals surface area (Å²) in [7, 11) is 0. The lowest BCUT2D eigenvalue weighted by atomic mass is 9.97. The molecule has 23 heavy (non-hydrogen) atoms. The predicted octanol–water partition coefficient (Wildman–Crippen LogP) is 2.28. The Kier molecular flexibility index (Phi) is 5.07. The van der Waals surface area contributed by atoms with Crippen LogP contribution in [0.3, 0.4) is 0 Å². The summed E-state index contributed by atoms with van der Waals surface area (Å²) in [4.78, 5) is 4.38. The molecule has 0 bridgehead atoms. The van der Waals surface area contributed by atoms with Crippen LogP contribution in [-0.4, -0.2) is 33.1 Å². The minimum Gasteiger partial charge on any atom is -0.373 e. The maximum absolute atomic E-state index is 5.92. The van der Waals surface area contributed by atoms with Crippen molar-refractivity contribution >= 4 is 0 Å². The number of aromatic nitrogens is 4. The standard InChI is InChI=1S/C16H25N5O2/c1-4-14-19-16(23-20-14)11(3)17-8-12-6-7-22-15(12)13-9-18-21(5-2)10-13/h9-12,15,17H,4-8H2,1-3H3/t11-,12-,15+/m0/s1. The van der Waals surface area contributed by atoms with Gasteiger partial charge in [-0.05, 0) is 20.3 Å². The van der Waals surface area contributed by atoms with Crippen LogP contribution < -0.4 is 5.32 Å². The molecule has 3 heterocycles. The molecule has 3 rings (SSSR count). The van der Waals surface area contributed by atoms with Crippen LogP contribution in [-0.2, 0) is 17.7 Å². The lowest BCUT2D eigenvalue weighted by Gasteiger charge is -2.19. The van der Waals surface area contributed by atoms with Crippen LogP contribution in [0.2, 0.25) is 0 Å². The summed E-state index contributed by atoms with van der Waals surface area (Å²) >= 11 is 0. The fraction of sp³-hybridized carbons (Fsp3) is 0.688. The first-order valence-corrected chi connectivity index (χ1v) is 8.41. The van der Waals surface area contributed by atoms with E-state index in [-0.39, 0.29) is 12.1 Å². The summed E-state index contributed by atoms with van der Waals surface area (Å²) in [6, 6.07) is 0.0439. The molecular weight excluding hydrogens is 294 g/mol. The normalized spacial score (nSPS) is 22.6. The van der Waals surface area contributed by atoms with E-state index in [0.29, 0.717) is 11.8 Å². The van der Waals surface area contributed by atoms with Crippen LogP contribution in [0, 0.1) is 5.92 Å². The number of nitrogens with zero attached hydrogens (tertiary/aromatic N) is 4. The summed E-state index contributed by atoms with van der Waals surface area (Å²) in [5, 5.41) is 11.8. The van der Waals surface area contributed by atoms with Crippen LogP contribution in [0.5, 0.6) is 0 Å². The monoisotopic (exact) mass is 319 g/mol. The van der Waals surface area contributed by atoms with Gasteiger partial charge < -0.3 is 14.6 Å². The molecule has 1 saturated heterocycles. The Morgan fingerprint density at radius 1 is 1.43 bits per heavy atom. The summed E-state index contributed by atoms with van der Waals surface area (Å²) in [6.07, 6.45) is 5.95. The van der Waals surface area contributed by atoms with Gasteiger partial charge in [-0.3, -0.25) is 4.68 Å². The molecule has 1 N–H and O–H groups in total. The molecule has 126 valence electrons. The van der Waals surface area contributed by atoms with E-state index < -0.39 is 0 Å². The third kappa shape index (κ3) is 3.61. The molecule has 0 unspecified atom stereocenters. The largest absolute Gasteiger partial charge is 0.373 e. The van der Waals surface area contributed by atoms with Gasteiger partial charge in [-0.15, -0.1) is 0 Å². The van der Waals surface area contributed by atoms with Crippen molar-refractivity contribution in [3.05, 3.63) is 29.7 Å². The van der Waals surface area contributed by atoms with Gasteiger partial charge in [-0.25, -0.2) is 0 Å². The first-order valence-electron chi connectivity index (χ1n) is 8.41. The van der Waals surface area contributed by atoms with E-state index in [0.717, 1.165) is 43.9 Å². The third-order valence-corrected chi connectivity index (χ3v) is 4.38. The lowest BCUT2D eigenvalue weighted by Crippen LogP contribution is -2.27. The summed E-state index contributed by atoms with van der Waals surface area (Å²) in [5.74, 6) is 1.83. The SMILES string of the molecule is CCc1noc([C@H](C)NC[C@@H]2CCO[C@H]2c2cnn(CC)c2)n1. The number of aryl methyl sites for hydroxylation is 2. The van der Waals surface area contributed by atoms with Crippen LogP contribution in [0.15, 0.2) is 16.9 Å². The molecule has 7 nitrogen and oxygen atoms in total. The van der Waals surface area contributed by atoms with Crippen molar-refractivity contribution in [3.63, 3.8) is 0 Å². The topological polar surface area (TPSA) is 78.0 Å². The van der Waals surface area contributed by atoms with Crippen molar-refractivity contribution in [3.8, 4) is 0 Å². The van der Waals surface area contributed by atoms with E-state index in [1.807, 2.05) is 24.7 Å². The van der Waals surface area contributed by atoms with Gasteiger partial charge in [0.25, 0.3) is 0 Å². The average molecular weight is 319 g/mol. The van der Waals surface area contributed by atoms with E-state index in [4.69, 9.17) is 9.26 Å². The number of nitrogens with one attached hydrogen (secondary N) is 1. The van der Waals surface area contributed by atoms with E-state index in [9.17, 15) is 0 Å². The molecule has 0 aliphatic carbocycles. The predicted molar refractivity (Wildman–Crippen MR) is 84.8 cm³/mol. The number of hydrogen-bond donors (Lipinski definition) is 1. The molecule has 0 saturated carbocycles. The quantitative estimate of drug-likeness (QED) is 0.843. The Morgan fingerprint density at radius 2 is 2.30 bits per heavy atom. The van der Waals surface area contributed by atoms with Gasteiger partial charge in [0.05, 0.1) is 18.3 Å². The Bertz CT molecular complexity index is 624. The minimum absolute atomic E-state index is 0.0439. The zero-order chi connectivity index (χ0) is 16.2. The van der Waals surface area contributed by atoms with Gasteiger partial charge in [0.15, 0.2) is 5.82 Å². The molecule has 2 aromatic rings. The van der Waals surface area contributed by atoms with Gasteiger partial charge in [0.1, 0.15) is 0 Å². The molecule has 1 aliphatic rings. The molecule has 0 radical (unpaired) electrons. The Morgan fingerprint density at radius 3 is 3.00 bits per heavy atom. The molecule has 3 atom stereocenters. The number of rotatable bonds is 7. The molecule has 0 aromatic carbocycles. The highest BCUT2D eigenvalue weighted by molar-refractivity contribution is 5.11. The van der Waals surface area contributed by atoms with Crippen LogP contribution >= 0.6 is 0 Å². The van der Waals surface area contributed by atoms with Gasteiger partial charge in [0, 0.05) is 43.8 Å². The first kappa shape index (κ1) is 16.1. The molecule has 7 heteroatoms. The third-order valence-electron chi connectivity index (χ3n) is 4.38. The van der Waals surface area contributed by atoms with Gasteiger partial charge in [-0.1, -0.05) is 12.1 Å². The second kappa shape index (κ2) is 7.23. The van der Waals surface area contributed by atoms with Gasteiger partial charge in [-0.2, -0.15) is 10.1 Å². The van der Waals surface area contributed by atoms with E-state index in [2.05, 4.69) is 33.7 Å². The van der Waals surface area contributed by atoms with Crippen LogP contribution in [0.4, 0.5) is 0 Å². The fourth-order valence-corrected chi connectivity index (χ4v) is 2.91. The maximum Gasteiger partial charge on any atom is 0.243 e. The van der Waals surface area contributed by atoms with E-state index in [1.165, 1.54) is 0 Å². The lowest BCUT2D eigenvalue weighted by molar-refractivity contribution is 0.0895. The van der Waals surface area contributed by atoms with Crippen molar-refractivity contribution in [2.75, 3.05) is 13.2 Å². The molecule has 1 fully saturated rings. The highest BCUT2D eigenvalue weighted by Crippen LogP contribution is 2.34. The molecular formula is C16H25N5O2. The van der Waals surface area contributed by atoms with Gasteiger partial charge >= 0.3 is 0 Å². The smallest absolute Gasteiger partial charge is 0.243 e. The molecule has 0 amide bonds. The van der Waals surface area contributed by atoms with E-state index in [1.54, 1.807) is 0 Å². The molecule has 0 spiro atoms. The summed E-state index contributed by atoms with van der Waals surface area (Å²) in [5.41, 5.74) is 1.16. The Balaban J connectivity index is 1.58. The van der Waals surface area contributed by atoms with Crippen molar-refractivity contribution in [2.45, 2.75) is 52.3 Å². The zero-order valence-corrected chi connectivity index (χ0v) is 14.0. The maximum atomic E-state index is 5.92. The summed E-state index contributed by atoms with van der Waals surface area (Å²) < 4.78 is 13.2. The first-order chi connectivity index (χ1) is 11.2. The van der Waals surface area contributed by atoms with Crippen LogP contribution in [0.1, 0.15) is 56.6 Å². The van der Waals surface area contributed by atoms with Crippen molar-refractivity contribution in [1.29, 1.82) is 0 Å². The van der Waals surface area contributed by atoms with Crippen molar-refractivity contribution < 1.29 is 9.26 Å².